The number of benzene rings is 4. The molecule has 41 heavy (non-hydrogen) atoms. The molecule has 0 saturated carbocycles. The maximum atomic E-state index is 13.6. The van der Waals surface area contributed by atoms with E-state index in [1.165, 1.54) is 31.4 Å². The Morgan fingerprint density at radius 3 is 2.15 bits per heavy atom. The number of thioether (sulfide) groups is 1. The van der Waals surface area contributed by atoms with Gasteiger partial charge in [0.15, 0.2) is 0 Å². The standard InChI is InChI=1S/C32H26FN3O4S/c1-40-26-16-14-25(15-17-26)36-31(38)29(35-24-10-8-22(33)9-11-24)30(32(36)39)41-27-18-12-23(13-19-27)34-28(37)20-7-21-5-3-2-4-6-21/h2-6,8-19,35H,7,20H2,1H3,(H,34,37). The molecule has 2 N–H and O–H groups in total. The zero-order valence-electron chi connectivity index (χ0n) is 22.1. The van der Waals surface area contributed by atoms with Crippen molar-refractivity contribution in [1.29, 1.82) is 0 Å². The topological polar surface area (TPSA) is 87.7 Å². The third kappa shape index (κ3) is 6.64. The van der Waals surface area contributed by atoms with E-state index >= 15 is 0 Å². The minimum atomic E-state index is -0.533. The van der Waals surface area contributed by atoms with Gasteiger partial charge in [0.25, 0.3) is 11.8 Å². The summed E-state index contributed by atoms with van der Waals surface area (Å²) in [5.41, 5.74) is 2.65. The summed E-state index contributed by atoms with van der Waals surface area (Å²) >= 11 is 1.13. The Bertz CT molecular complexity index is 1590. The lowest BCUT2D eigenvalue weighted by molar-refractivity contribution is -0.120. The van der Waals surface area contributed by atoms with Crippen molar-refractivity contribution >= 4 is 46.5 Å². The van der Waals surface area contributed by atoms with Crippen LogP contribution in [0.1, 0.15) is 12.0 Å². The Hall–Kier alpha value is -4.89. The highest BCUT2D eigenvalue weighted by molar-refractivity contribution is 8.04. The summed E-state index contributed by atoms with van der Waals surface area (Å²) in [6, 6.07) is 29.0. The van der Waals surface area contributed by atoms with Crippen molar-refractivity contribution in [2.45, 2.75) is 17.7 Å². The Morgan fingerprint density at radius 2 is 1.49 bits per heavy atom. The number of methoxy groups -OCH3 is 1. The molecule has 5 rings (SSSR count). The molecular formula is C32H26FN3O4S. The average Bonchev–Trinajstić information content (AvgIpc) is 3.22. The van der Waals surface area contributed by atoms with Crippen molar-refractivity contribution in [3.05, 3.63) is 125 Å². The molecular weight excluding hydrogens is 541 g/mol. The molecule has 1 aliphatic heterocycles. The van der Waals surface area contributed by atoms with Gasteiger partial charge in [-0.2, -0.15) is 0 Å². The number of carbonyl (C=O) groups excluding carboxylic acids is 3. The first kappa shape index (κ1) is 27.7. The lowest BCUT2D eigenvalue weighted by Crippen LogP contribution is -2.32. The Labute approximate surface area is 241 Å². The van der Waals surface area contributed by atoms with Crippen LogP contribution in [0.2, 0.25) is 0 Å². The van der Waals surface area contributed by atoms with Gasteiger partial charge in [-0.15, -0.1) is 0 Å². The summed E-state index contributed by atoms with van der Waals surface area (Å²) in [5, 5.41) is 5.89. The summed E-state index contributed by atoms with van der Waals surface area (Å²) in [6.45, 7) is 0. The van der Waals surface area contributed by atoms with Crippen molar-refractivity contribution < 1.29 is 23.5 Å². The smallest absolute Gasteiger partial charge is 0.283 e. The van der Waals surface area contributed by atoms with Crippen molar-refractivity contribution in [3.8, 4) is 5.75 Å². The summed E-state index contributed by atoms with van der Waals surface area (Å²) in [6.07, 6.45) is 0.989. The second-order valence-electron chi connectivity index (χ2n) is 9.14. The number of imide groups is 1. The SMILES string of the molecule is COc1ccc(N2C(=O)C(Nc3ccc(F)cc3)=C(Sc3ccc(NC(=O)CCc4ccccc4)cc3)C2=O)cc1. The van der Waals surface area contributed by atoms with Crippen LogP contribution in [-0.4, -0.2) is 24.8 Å². The molecule has 0 aliphatic carbocycles. The molecule has 7 nitrogen and oxygen atoms in total. The lowest BCUT2D eigenvalue weighted by atomic mass is 10.1. The Balaban J connectivity index is 1.33. The highest BCUT2D eigenvalue weighted by Crippen LogP contribution is 2.38. The first-order valence-corrected chi connectivity index (χ1v) is 13.6. The predicted octanol–water partition coefficient (Wildman–Crippen LogP) is 6.39. The number of halogens is 1. The van der Waals surface area contributed by atoms with Crippen molar-refractivity contribution in [1.82, 2.24) is 0 Å². The fraction of sp³-hybridized carbons (Fsp3) is 0.0938. The number of nitrogens with one attached hydrogen (secondary N) is 2. The Kier molecular flexibility index (Phi) is 8.45. The van der Waals surface area contributed by atoms with E-state index in [9.17, 15) is 18.8 Å². The van der Waals surface area contributed by atoms with Gasteiger partial charge in [0.2, 0.25) is 5.91 Å². The minimum Gasteiger partial charge on any atom is -0.497 e. The molecule has 0 unspecified atom stereocenters. The number of ether oxygens (including phenoxy) is 1. The number of nitrogens with zero attached hydrogens (tertiary/aromatic N) is 1. The van der Waals surface area contributed by atoms with Crippen molar-refractivity contribution in [2.75, 3.05) is 22.6 Å². The van der Waals surface area contributed by atoms with Gasteiger partial charge < -0.3 is 15.4 Å². The van der Waals surface area contributed by atoms with Gasteiger partial charge in [-0.3, -0.25) is 14.4 Å². The maximum Gasteiger partial charge on any atom is 0.283 e. The number of hydrogen-bond acceptors (Lipinski definition) is 6. The molecule has 0 spiro atoms. The molecule has 0 radical (unpaired) electrons. The molecule has 1 heterocycles. The molecule has 0 saturated heterocycles. The zero-order chi connectivity index (χ0) is 28.8. The lowest BCUT2D eigenvalue weighted by Gasteiger charge is -2.15. The number of amides is 3. The molecule has 0 fully saturated rings. The molecule has 206 valence electrons. The fourth-order valence-electron chi connectivity index (χ4n) is 4.21. The first-order valence-electron chi connectivity index (χ1n) is 12.8. The van der Waals surface area contributed by atoms with E-state index in [1.807, 2.05) is 30.3 Å². The molecule has 1 aliphatic rings. The van der Waals surface area contributed by atoms with Gasteiger partial charge in [0.05, 0.1) is 12.8 Å². The first-order chi connectivity index (χ1) is 19.9. The van der Waals surface area contributed by atoms with Crippen LogP contribution in [0.15, 0.2) is 119 Å². The quantitative estimate of drug-likeness (QED) is 0.216. The van der Waals surface area contributed by atoms with Crippen LogP contribution in [0.25, 0.3) is 0 Å². The van der Waals surface area contributed by atoms with E-state index in [0.717, 1.165) is 22.2 Å². The number of rotatable bonds is 10. The van der Waals surface area contributed by atoms with E-state index in [1.54, 1.807) is 48.5 Å². The average molecular weight is 568 g/mol. The number of aryl methyl sites for hydroxylation is 1. The van der Waals surface area contributed by atoms with Crippen LogP contribution >= 0.6 is 11.8 Å². The minimum absolute atomic E-state index is 0.0840. The molecule has 0 bridgehead atoms. The summed E-state index contributed by atoms with van der Waals surface area (Å²) in [5.74, 6) is -0.954. The molecule has 3 amide bonds. The van der Waals surface area contributed by atoms with Gasteiger partial charge in [-0.25, -0.2) is 9.29 Å². The van der Waals surface area contributed by atoms with Gasteiger partial charge >= 0.3 is 0 Å². The van der Waals surface area contributed by atoms with Crippen LogP contribution in [0, 0.1) is 5.82 Å². The number of anilines is 3. The maximum absolute atomic E-state index is 13.6. The van der Waals surface area contributed by atoms with E-state index in [4.69, 9.17) is 4.74 Å². The number of carbonyl (C=O) groups is 3. The fourth-order valence-corrected chi connectivity index (χ4v) is 5.13. The highest BCUT2D eigenvalue weighted by atomic mass is 32.2. The van der Waals surface area contributed by atoms with Crippen molar-refractivity contribution in [3.63, 3.8) is 0 Å². The van der Waals surface area contributed by atoms with E-state index in [0.29, 0.717) is 40.5 Å². The summed E-state index contributed by atoms with van der Waals surface area (Å²) < 4.78 is 18.7. The second kappa shape index (κ2) is 12.5. The van der Waals surface area contributed by atoms with Crippen LogP contribution in [-0.2, 0) is 20.8 Å². The van der Waals surface area contributed by atoms with Crippen molar-refractivity contribution in [2.24, 2.45) is 0 Å². The molecule has 4 aromatic rings. The van der Waals surface area contributed by atoms with Gasteiger partial charge in [0.1, 0.15) is 22.2 Å². The Morgan fingerprint density at radius 1 is 0.829 bits per heavy atom. The second-order valence-corrected chi connectivity index (χ2v) is 10.2. The largest absolute Gasteiger partial charge is 0.497 e. The van der Waals surface area contributed by atoms with E-state index in [-0.39, 0.29) is 16.5 Å². The van der Waals surface area contributed by atoms with E-state index in [2.05, 4.69) is 10.6 Å². The third-order valence-electron chi connectivity index (χ3n) is 6.33. The zero-order valence-corrected chi connectivity index (χ0v) is 22.9. The monoisotopic (exact) mass is 567 g/mol. The van der Waals surface area contributed by atoms with Crippen LogP contribution < -0.4 is 20.3 Å². The third-order valence-corrected chi connectivity index (χ3v) is 7.42. The molecule has 0 aromatic heterocycles. The van der Waals surface area contributed by atoms with Gasteiger partial charge in [0, 0.05) is 22.7 Å². The predicted molar refractivity (Wildman–Crippen MR) is 158 cm³/mol. The van der Waals surface area contributed by atoms with Gasteiger partial charge in [-0.05, 0) is 84.8 Å². The highest BCUT2D eigenvalue weighted by Gasteiger charge is 2.40. The normalized spacial score (nSPS) is 13.0. The summed E-state index contributed by atoms with van der Waals surface area (Å²) in [7, 11) is 1.53. The molecule has 9 heteroatoms. The van der Waals surface area contributed by atoms with E-state index < -0.39 is 17.6 Å². The van der Waals surface area contributed by atoms with Crippen LogP contribution in [0.3, 0.4) is 0 Å². The summed E-state index contributed by atoms with van der Waals surface area (Å²) in [4.78, 5) is 41.5. The molecule has 0 atom stereocenters. The van der Waals surface area contributed by atoms with Gasteiger partial charge in [-0.1, -0.05) is 42.1 Å². The van der Waals surface area contributed by atoms with Crippen LogP contribution in [0.5, 0.6) is 5.75 Å². The number of hydrogen-bond donors (Lipinski definition) is 2. The van der Waals surface area contributed by atoms with Crippen LogP contribution in [0.4, 0.5) is 21.5 Å². The molecule has 4 aromatic carbocycles.